The lowest BCUT2D eigenvalue weighted by atomic mass is 10.1. The first-order valence-electron chi connectivity index (χ1n) is 9.85. The summed E-state index contributed by atoms with van der Waals surface area (Å²) in [4.78, 5) is 11.0. The number of aromatic carboxylic acids is 1. The quantitative estimate of drug-likeness (QED) is 0.593. The largest absolute Gasteiger partial charge is 0.494 e. The molecule has 1 aliphatic rings. The van der Waals surface area contributed by atoms with Crippen molar-refractivity contribution in [3.05, 3.63) is 42.0 Å². The number of hydrogen-bond donors (Lipinski definition) is 1. The van der Waals surface area contributed by atoms with Gasteiger partial charge in [-0.15, -0.1) is 0 Å². The van der Waals surface area contributed by atoms with Gasteiger partial charge < -0.3 is 19.3 Å². The number of rotatable bonds is 10. The third-order valence-corrected chi connectivity index (χ3v) is 4.81. The van der Waals surface area contributed by atoms with E-state index in [1.807, 2.05) is 24.3 Å². The van der Waals surface area contributed by atoms with E-state index in [1.165, 1.54) is 6.42 Å². The van der Waals surface area contributed by atoms with Gasteiger partial charge in [-0.05, 0) is 73.6 Å². The highest BCUT2D eigenvalue weighted by atomic mass is 16.7. The van der Waals surface area contributed by atoms with E-state index in [1.54, 1.807) is 12.1 Å². The van der Waals surface area contributed by atoms with E-state index in [-0.39, 0.29) is 6.29 Å². The van der Waals surface area contributed by atoms with E-state index >= 15 is 0 Å². The lowest BCUT2D eigenvalue weighted by Crippen LogP contribution is -2.22. The fourth-order valence-electron chi connectivity index (χ4n) is 3.25. The average molecular weight is 372 g/mol. The van der Waals surface area contributed by atoms with Crippen LogP contribution >= 0.6 is 0 Å². The minimum absolute atomic E-state index is 0.0153. The van der Waals surface area contributed by atoms with E-state index < -0.39 is 5.97 Å². The predicted octanol–water partition coefficient (Wildman–Crippen LogP) is 5.02. The smallest absolute Gasteiger partial charge is 0.335 e. The molecule has 0 aromatic heterocycles. The van der Waals surface area contributed by atoms with Crippen molar-refractivity contribution >= 4 is 16.7 Å². The number of benzene rings is 2. The molecule has 2 aromatic carbocycles. The topological polar surface area (TPSA) is 65.0 Å². The van der Waals surface area contributed by atoms with Gasteiger partial charge in [0.25, 0.3) is 0 Å². The van der Waals surface area contributed by atoms with Gasteiger partial charge in [0, 0.05) is 13.2 Å². The van der Waals surface area contributed by atoms with Crippen molar-refractivity contribution in [1.29, 1.82) is 0 Å². The highest BCUT2D eigenvalue weighted by molar-refractivity contribution is 5.94. The monoisotopic (exact) mass is 372 g/mol. The standard InChI is InChI=1S/C22H28O5/c23-22(24)19-9-8-18-16-20(11-10-17(18)15-19)25-12-4-1-2-5-13-26-21-7-3-6-14-27-21/h8-11,15-16,21H,1-7,12-14H2,(H,23,24). The van der Waals surface area contributed by atoms with Crippen LogP contribution in [0.5, 0.6) is 5.75 Å². The molecule has 0 aliphatic carbocycles. The Labute approximate surface area is 160 Å². The Kier molecular flexibility index (Phi) is 7.48. The van der Waals surface area contributed by atoms with Crippen molar-refractivity contribution in [2.75, 3.05) is 19.8 Å². The van der Waals surface area contributed by atoms with Gasteiger partial charge in [-0.1, -0.05) is 18.6 Å². The third-order valence-electron chi connectivity index (χ3n) is 4.81. The summed E-state index contributed by atoms with van der Waals surface area (Å²) in [5.41, 5.74) is 0.301. The predicted molar refractivity (Wildman–Crippen MR) is 104 cm³/mol. The third kappa shape index (κ3) is 6.22. The van der Waals surface area contributed by atoms with Crippen molar-refractivity contribution in [2.45, 2.75) is 51.2 Å². The van der Waals surface area contributed by atoms with Crippen LogP contribution in [-0.4, -0.2) is 37.2 Å². The molecule has 146 valence electrons. The van der Waals surface area contributed by atoms with Gasteiger partial charge in [-0.3, -0.25) is 0 Å². The van der Waals surface area contributed by atoms with Crippen molar-refractivity contribution in [3.8, 4) is 5.75 Å². The highest BCUT2D eigenvalue weighted by Gasteiger charge is 2.13. The fraction of sp³-hybridized carbons (Fsp3) is 0.500. The maximum absolute atomic E-state index is 11.0. The van der Waals surface area contributed by atoms with Crippen LogP contribution in [0.3, 0.4) is 0 Å². The first-order chi connectivity index (χ1) is 13.2. The number of hydrogen-bond acceptors (Lipinski definition) is 4. The van der Waals surface area contributed by atoms with Crippen LogP contribution < -0.4 is 4.74 Å². The molecule has 1 aliphatic heterocycles. The lowest BCUT2D eigenvalue weighted by molar-refractivity contribution is -0.162. The van der Waals surface area contributed by atoms with Crippen LogP contribution in [0.15, 0.2) is 36.4 Å². The summed E-state index contributed by atoms with van der Waals surface area (Å²) in [7, 11) is 0. The maximum Gasteiger partial charge on any atom is 0.335 e. The van der Waals surface area contributed by atoms with Crippen LogP contribution in [0.4, 0.5) is 0 Å². The summed E-state index contributed by atoms with van der Waals surface area (Å²) in [5.74, 6) is -0.0859. The van der Waals surface area contributed by atoms with Gasteiger partial charge >= 0.3 is 5.97 Å². The summed E-state index contributed by atoms with van der Waals surface area (Å²) in [6.07, 6.45) is 7.71. The van der Waals surface area contributed by atoms with E-state index in [4.69, 9.17) is 19.3 Å². The van der Waals surface area contributed by atoms with Crippen molar-refractivity contribution in [1.82, 2.24) is 0 Å². The minimum Gasteiger partial charge on any atom is -0.494 e. The molecular weight excluding hydrogens is 344 g/mol. The number of fused-ring (bicyclic) bond motifs is 1. The molecule has 0 amide bonds. The zero-order valence-corrected chi connectivity index (χ0v) is 15.7. The van der Waals surface area contributed by atoms with Gasteiger partial charge in [-0.25, -0.2) is 4.79 Å². The Balaban J connectivity index is 1.31. The van der Waals surface area contributed by atoms with E-state index in [0.29, 0.717) is 12.2 Å². The van der Waals surface area contributed by atoms with Gasteiger partial charge in [-0.2, -0.15) is 0 Å². The summed E-state index contributed by atoms with van der Waals surface area (Å²) >= 11 is 0. The Morgan fingerprint density at radius 2 is 1.78 bits per heavy atom. The van der Waals surface area contributed by atoms with Crippen molar-refractivity contribution < 1.29 is 24.1 Å². The summed E-state index contributed by atoms with van der Waals surface area (Å²) in [6.45, 7) is 2.29. The summed E-state index contributed by atoms with van der Waals surface area (Å²) < 4.78 is 17.1. The molecule has 1 unspecified atom stereocenters. The second kappa shape index (κ2) is 10.3. The lowest BCUT2D eigenvalue weighted by Gasteiger charge is -2.22. The molecule has 1 atom stereocenters. The number of carboxylic acids is 1. The Bertz CT molecular complexity index is 737. The number of unbranched alkanes of at least 4 members (excludes halogenated alkanes) is 3. The first kappa shape index (κ1) is 19.6. The highest BCUT2D eigenvalue weighted by Crippen LogP contribution is 2.22. The molecule has 27 heavy (non-hydrogen) atoms. The fourth-order valence-corrected chi connectivity index (χ4v) is 3.25. The second-order valence-electron chi connectivity index (χ2n) is 6.96. The minimum atomic E-state index is -0.908. The molecule has 0 spiro atoms. The number of carbonyl (C=O) groups is 1. The van der Waals surface area contributed by atoms with Crippen molar-refractivity contribution in [3.63, 3.8) is 0 Å². The molecule has 1 fully saturated rings. The summed E-state index contributed by atoms with van der Waals surface area (Å²) in [5, 5.41) is 10.9. The second-order valence-corrected chi connectivity index (χ2v) is 6.96. The molecule has 3 rings (SSSR count). The SMILES string of the molecule is O=C(O)c1ccc2cc(OCCCCCCOC3CCCCO3)ccc2c1. The average Bonchev–Trinajstić information content (AvgIpc) is 2.70. The molecule has 1 N–H and O–H groups in total. The molecule has 0 saturated carbocycles. The van der Waals surface area contributed by atoms with Crippen molar-refractivity contribution in [2.24, 2.45) is 0 Å². The van der Waals surface area contributed by atoms with Crippen LogP contribution in [0.2, 0.25) is 0 Å². The number of carboxylic acid groups (broad SMARTS) is 1. The van der Waals surface area contributed by atoms with Crippen LogP contribution in [0, 0.1) is 0 Å². The maximum atomic E-state index is 11.0. The molecule has 0 radical (unpaired) electrons. The Morgan fingerprint density at radius 3 is 2.56 bits per heavy atom. The Hall–Kier alpha value is -2.11. The number of ether oxygens (including phenoxy) is 3. The van der Waals surface area contributed by atoms with Gasteiger partial charge in [0.1, 0.15) is 5.75 Å². The molecule has 5 nitrogen and oxygen atoms in total. The molecule has 5 heteroatoms. The Morgan fingerprint density at radius 1 is 1.00 bits per heavy atom. The first-order valence-corrected chi connectivity index (χ1v) is 9.85. The van der Waals surface area contributed by atoms with E-state index in [0.717, 1.165) is 68.3 Å². The van der Waals surface area contributed by atoms with Gasteiger partial charge in [0.2, 0.25) is 0 Å². The van der Waals surface area contributed by atoms with Gasteiger partial charge in [0.15, 0.2) is 6.29 Å². The van der Waals surface area contributed by atoms with Crippen LogP contribution in [0.25, 0.3) is 10.8 Å². The zero-order valence-electron chi connectivity index (χ0n) is 15.7. The molecule has 1 heterocycles. The molecule has 2 aromatic rings. The van der Waals surface area contributed by atoms with E-state index in [2.05, 4.69) is 0 Å². The molecule has 0 bridgehead atoms. The molecule has 1 saturated heterocycles. The zero-order chi connectivity index (χ0) is 18.9. The van der Waals surface area contributed by atoms with Gasteiger partial charge in [0.05, 0.1) is 12.2 Å². The normalized spacial score (nSPS) is 17.1. The van der Waals surface area contributed by atoms with Crippen LogP contribution in [0.1, 0.15) is 55.3 Å². The molecular formula is C22H28O5. The van der Waals surface area contributed by atoms with E-state index in [9.17, 15) is 4.79 Å². The van der Waals surface area contributed by atoms with Crippen LogP contribution in [-0.2, 0) is 9.47 Å². The summed E-state index contributed by atoms with van der Waals surface area (Å²) in [6, 6.07) is 10.9.